The highest BCUT2D eigenvalue weighted by molar-refractivity contribution is 5.83. The van der Waals surface area contributed by atoms with Crippen LogP contribution in [-0.4, -0.2) is 17.2 Å². The lowest BCUT2D eigenvalue weighted by atomic mass is 9.99. The number of benzene rings is 2. The van der Waals surface area contributed by atoms with Crippen LogP contribution in [0.3, 0.4) is 0 Å². The van der Waals surface area contributed by atoms with Crippen LogP contribution >= 0.6 is 0 Å². The first-order valence-electron chi connectivity index (χ1n) is 7.04. The van der Waals surface area contributed by atoms with Gasteiger partial charge in [-0.3, -0.25) is 0 Å². The molecular weight excluding hydrogens is 234 g/mol. The fraction of sp³-hybridized carbons (Fsp3) is 0.412. The van der Waals surface area contributed by atoms with Gasteiger partial charge in [0.25, 0.3) is 0 Å². The van der Waals surface area contributed by atoms with Crippen LogP contribution in [0.25, 0.3) is 10.8 Å². The van der Waals surface area contributed by atoms with Crippen LogP contribution < -0.4 is 5.32 Å². The van der Waals surface area contributed by atoms with Crippen molar-refractivity contribution in [2.75, 3.05) is 0 Å². The highest BCUT2D eigenvalue weighted by Gasteiger charge is 2.17. The molecule has 0 aliphatic rings. The van der Waals surface area contributed by atoms with E-state index in [1.807, 2.05) is 25.1 Å². The van der Waals surface area contributed by atoms with Crippen molar-refractivity contribution in [2.45, 2.75) is 45.4 Å². The van der Waals surface area contributed by atoms with Crippen molar-refractivity contribution < 1.29 is 5.11 Å². The molecule has 0 saturated carbocycles. The highest BCUT2D eigenvalue weighted by Crippen LogP contribution is 2.22. The molecule has 0 heterocycles. The second-order valence-corrected chi connectivity index (χ2v) is 5.32. The van der Waals surface area contributed by atoms with Gasteiger partial charge < -0.3 is 10.4 Å². The van der Waals surface area contributed by atoms with E-state index in [0.717, 1.165) is 12.0 Å². The molecule has 2 nitrogen and oxygen atoms in total. The minimum atomic E-state index is -0.474. The van der Waals surface area contributed by atoms with Gasteiger partial charge in [0.15, 0.2) is 0 Å². The van der Waals surface area contributed by atoms with Crippen molar-refractivity contribution in [2.24, 2.45) is 0 Å². The molecule has 0 bridgehead atoms. The van der Waals surface area contributed by atoms with Crippen LogP contribution in [-0.2, 0) is 0 Å². The zero-order valence-electron chi connectivity index (χ0n) is 11.9. The van der Waals surface area contributed by atoms with Gasteiger partial charge in [0, 0.05) is 12.1 Å². The molecule has 0 radical (unpaired) electrons. The van der Waals surface area contributed by atoms with Crippen LogP contribution in [0, 0.1) is 0 Å². The number of hydrogen-bond acceptors (Lipinski definition) is 2. The topological polar surface area (TPSA) is 32.3 Å². The Morgan fingerprint density at radius 1 is 1.05 bits per heavy atom. The molecule has 3 atom stereocenters. The minimum Gasteiger partial charge on any atom is -0.387 e. The summed E-state index contributed by atoms with van der Waals surface area (Å²) >= 11 is 0. The highest BCUT2D eigenvalue weighted by atomic mass is 16.3. The molecule has 0 aromatic heterocycles. The van der Waals surface area contributed by atoms with Crippen molar-refractivity contribution in [3.8, 4) is 0 Å². The number of nitrogens with one attached hydrogen (secondary N) is 1. The van der Waals surface area contributed by atoms with Gasteiger partial charge in [0.2, 0.25) is 0 Å². The van der Waals surface area contributed by atoms with Crippen LogP contribution in [0.4, 0.5) is 0 Å². The van der Waals surface area contributed by atoms with E-state index < -0.39 is 6.10 Å². The van der Waals surface area contributed by atoms with E-state index in [1.54, 1.807) is 0 Å². The van der Waals surface area contributed by atoms with Gasteiger partial charge in [-0.1, -0.05) is 43.3 Å². The molecule has 0 spiro atoms. The molecule has 102 valence electrons. The molecule has 0 aliphatic heterocycles. The first kappa shape index (κ1) is 14.0. The van der Waals surface area contributed by atoms with E-state index in [1.165, 1.54) is 10.8 Å². The lowest BCUT2D eigenvalue weighted by Crippen LogP contribution is -2.38. The first-order valence-corrected chi connectivity index (χ1v) is 7.04. The van der Waals surface area contributed by atoms with Crippen LogP contribution in [0.1, 0.15) is 38.9 Å². The lowest BCUT2D eigenvalue weighted by Gasteiger charge is -2.24. The summed E-state index contributed by atoms with van der Waals surface area (Å²) in [7, 11) is 0. The zero-order valence-corrected chi connectivity index (χ0v) is 11.9. The summed E-state index contributed by atoms with van der Waals surface area (Å²) < 4.78 is 0. The van der Waals surface area contributed by atoms with Crippen LogP contribution in [0.2, 0.25) is 0 Å². The summed E-state index contributed by atoms with van der Waals surface area (Å²) in [4.78, 5) is 0. The monoisotopic (exact) mass is 257 g/mol. The van der Waals surface area contributed by atoms with Gasteiger partial charge in [-0.2, -0.15) is 0 Å². The fourth-order valence-electron chi connectivity index (χ4n) is 2.34. The average molecular weight is 257 g/mol. The Kier molecular flexibility index (Phi) is 4.56. The number of fused-ring (bicyclic) bond motifs is 1. The first-order chi connectivity index (χ1) is 9.11. The van der Waals surface area contributed by atoms with Crippen molar-refractivity contribution in [3.05, 3.63) is 48.0 Å². The molecular formula is C17H23NO. The number of aliphatic hydroxyl groups is 1. The number of rotatable bonds is 5. The molecule has 2 heteroatoms. The third-order valence-corrected chi connectivity index (χ3v) is 3.75. The van der Waals surface area contributed by atoms with Gasteiger partial charge in [-0.15, -0.1) is 0 Å². The summed E-state index contributed by atoms with van der Waals surface area (Å²) in [5.74, 6) is 0. The van der Waals surface area contributed by atoms with Crippen molar-refractivity contribution in [3.63, 3.8) is 0 Å². The molecule has 3 unspecified atom stereocenters. The fourth-order valence-corrected chi connectivity index (χ4v) is 2.34. The van der Waals surface area contributed by atoms with E-state index in [0.29, 0.717) is 6.04 Å². The Morgan fingerprint density at radius 2 is 1.74 bits per heavy atom. The summed E-state index contributed by atoms with van der Waals surface area (Å²) in [6, 6.07) is 14.9. The SMILES string of the molecule is CCC(C)NC(C)C(O)c1ccc2ccccc2c1. The van der Waals surface area contributed by atoms with E-state index in [9.17, 15) is 5.11 Å². The third-order valence-electron chi connectivity index (χ3n) is 3.75. The average Bonchev–Trinajstić information content (AvgIpc) is 2.45. The summed E-state index contributed by atoms with van der Waals surface area (Å²) in [6.45, 7) is 6.32. The molecule has 19 heavy (non-hydrogen) atoms. The predicted molar refractivity (Wildman–Crippen MR) is 81.3 cm³/mol. The van der Waals surface area contributed by atoms with Gasteiger partial charge in [-0.05, 0) is 42.7 Å². The van der Waals surface area contributed by atoms with E-state index >= 15 is 0 Å². The maximum atomic E-state index is 10.4. The minimum absolute atomic E-state index is 0.0520. The van der Waals surface area contributed by atoms with Crippen molar-refractivity contribution >= 4 is 10.8 Å². The second kappa shape index (κ2) is 6.18. The largest absolute Gasteiger partial charge is 0.387 e. The lowest BCUT2D eigenvalue weighted by molar-refractivity contribution is 0.130. The molecule has 2 N–H and O–H groups in total. The molecule has 0 aliphatic carbocycles. The second-order valence-electron chi connectivity index (χ2n) is 5.32. The van der Waals surface area contributed by atoms with Crippen LogP contribution in [0.15, 0.2) is 42.5 Å². The smallest absolute Gasteiger partial charge is 0.0940 e. The predicted octanol–water partition coefficient (Wildman–Crippen LogP) is 3.65. The summed E-state index contributed by atoms with van der Waals surface area (Å²) in [5.41, 5.74) is 0.974. The zero-order chi connectivity index (χ0) is 13.8. The Hall–Kier alpha value is -1.38. The van der Waals surface area contributed by atoms with Crippen molar-refractivity contribution in [1.82, 2.24) is 5.32 Å². The van der Waals surface area contributed by atoms with E-state index in [4.69, 9.17) is 0 Å². The van der Waals surface area contributed by atoms with Gasteiger partial charge in [0.05, 0.1) is 6.10 Å². The molecule has 0 fully saturated rings. The Bertz CT molecular complexity index is 538. The molecule has 2 aromatic carbocycles. The number of aliphatic hydroxyl groups excluding tert-OH is 1. The maximum Gasteiger partial charge on any atom is 0.0940 e. The standard InChI is InChI=1S/C17H23NO/c1-4-12(2)18-13(3)17(19)16-10-9-14-7-5-6-8-15(14)11-16/h5-13,17-19H,4H2,1-3H3. The molecule has 0 saturated heterocycles. The van der Waals surface area contributed by atoms with Gasteiger partial charge in [-0.25, -0.2) is 0 Å². The third kappa shape index (κ3) is 3.34. The Morgan fingerprint density at radius 3 is 2.42 bits per heavy atom. The summed E-state index contributed by atoms with van der Waals surface area (Å²) in [5, 5.41) is 16.2. The van der Waals surface area contributed by atoms with Gasteiger partial charge in [0.1, 0.15) is 0 Å². The van der Waals surface area contributed by atoms with Crippen LogP contribution in [0.5, 0.6) is 0 Å². The Labute approximate surface area is 115 Å². The maximum absolute atomic E-state index is 10.4. The molecule has 2 rings (SSSR count). The Balaban J connectivity index is 2.18. The molecule has 2 aromatic rings. The molecule has 0 amide bonds. The van der Waals surface area contributed by atoms with Gasteiger partial charge >= 0.3 is 0 Å². The summed E-state index contributed by atoms with van der Waals surface area (Å²) in [6.07, 6.45) is 0.591. The van der Waals surface area contributed by atoms with E-state index in [-0.39, 0.29) is 6.04 Å². The van der Waals surface area contributed by atoms with Crippen molar-refractivity contribution in [1.29, 1.82) is 0 Å². The quantitative estimate of drug-likeness (QED) is 0.857. The normalized spacial score (nSPS) is 16.2. The number of hydrogen-bond donors (Lipinski definition) is 2. The van der Waals surface area contributed by atoms with E-state index in [2.05, 4.69) is 43.4 Å².